The Bertz CT molecular complexity index is 1040. The summed E-state index contributed by atoms with van der Waals surface area (Å²) in [6.45, 7) is 2.84. The number of rotatable bonds is 5. The van der Waals surface area contributed by atoms with Crippen LogP contribution in [0.4, 0.5) is 10.5 Å². The maximum absolute atomic E-state index is 13.0. The van der Waals surface area contributed by atoms with E-state index in [-0.39, 0.29) is 17.8 Å². The van der Waals surface area contributed by atoms with Gasteiger partial charge in [-0.1, -0.05) is 30.3 Å². The Morgan fingerprint density at radius 1 is 1.13 bits per heavy atom. The summed E-state index contributed by atoms with van der Waals surface area (Å²) < 4.78 is 1.48. The van der Waals surface area contributed by atoms with Crippen LogP contribution in [0.15, 0.2) is 67.1 Å². The van der Waals surface area contributed by atoms with Crippen molar-refractivity contribution in [3.05, 3.63) is 82.8 Å². The lowest BCUT2D eigenvalue weighted by molar-refractivity contribution is -0.384. The minimum absolute atomic E-state index is 0.0256. The van der Waals surface area contributed by atoms with Crippen LogP contribution < -0.4 is 0 Å². The van der Waals surface area contributed by atoms with Crippen molar-refractivity contribution in [2.45, 2.75) is 25.4 Å². The first-order valence-corrected chi connectivity index (χ1v) is 10.3. The number of aromatic nitrogens is 2. The van der Waals surface area contributed by atoms with Gasteiger partial charge in [-0.3, -0.25) is 19.6 Å². The molecule has 1 fully saturated rings. The minimum atomic E-state index is -0.438. The van der Waals surface area contributed by atoms with E-state index in [9.17, 15) is 14.9 Å². The maximum Gasteiger partial charge on any atom is 0.329 e. The molecule has 0 atom stereocenters. The van der Waals surface area contributed by atoms with Gasteiger partial charge in [0.05, 0.1) is 10.6 Å². The van der Waals surface area contributed by atoms with Crippen molar-refractivity contribution in [3.8, 4) is 11.3 Å². The van der Waals surface area contributed by atoms with Crippen LogP contribution in [0, 0.1) is 10.1 Å². The molecule has 1 aliphatic heterocycles. The second-order valence-electron chi connectivity index (χ2n) is 7.86. The number of imidazole rings is 1. The van der Waals surface area contributed by atoms with Gasteiger partial charge in [-0.25, -0.2) is 9.78 Å². The number of hydrogen-bond donors (Lipinski definition) is 0. The van der Waals surface area contributed by atoms with E-state index in [1.165, 1.54) is 28.6 Å². The lowest BCUT2D eigenvalue weighted by Gasteiger charge is -2.36. The maximum atomic E-state index is 13.0. The summed E-state index contributed by atoms with van der Waals surface area (Å²) in [5, 5.41) is 10.8. The van der Waals surface area contributed by atoms with Crippen LogP contribution in [0.1, 0.15) is 18.4 Å². The lowest BCUT2D eigenvalue weighted by atomic mass is 10.0. The third-order valence-electron chi connectivity index (χ3n) is 5.83. The summed E-state index contributed by atoms with van der Waals surface area (Å²) in [6.07, 6.45) is 5.03. The zero-order valence-corrected chi connectivity index (χ0v) is 17.4. The highest BCUT2D eigenvalue weighted by Gasteiger charge is 2.26. The summed E-state index contributed by atoms with van der Waals surface area (Å²) >= 11 is 0. The lowest BCUT2D eigenvalue weighted by Crippen LogP contribution is -2.46. The van der Waals surface area contributed by atoms with Gasteiger partial charge < -0.3 is 4.90 Å². The Kier molecular flexibility index (Phi) is 6.08. The molecule has 8 heteroatoms. The molecule has 1 saturated heterocycles. The average molecular weight is 419 g/mol. The van der Waals surface area contributed by atoms with Crippen LogP contribution in [-0.2, 0) is 6.54 Å². The zero-order chi connectivity index (χ0) is 21.8. The van der Waals surface area contributed by atoms with E-state index in [4.69, 9.17) is 0 Å². The van der Waals surface area contributed by atoms with Crippen LogP contribution in [0.25, 0.3) is 11.3 Å². The van der Waals surface area contributed by atoms with E-state index in [2.05, 4.69) is 34.1 Å². The Labute approximate surface area is 180 Å². The quantitative estimate of drug-likeness (QED) is 0.461. The smallest absolute Gasteiger partial charge is 0.324 e. The molecule has 160 valence electrons. The molecule has 31 heavy (non-hydrogen) atoms. The van der Waals surface area contributed by atoms with Crippen molar-refractivity contribution in [1.82, 2.24) is 19.4 Å². The van der Waals surface area contributed by atoms with Crippen LogP contribution in [0.5, 0.6) is 0 Å². The molecule has 0 aliphatic carbocycles. The van der Waals surface area contributed by atoms with Gasteiger partial charge in [-0.15, -0.1) is 0 Å². The Morgan fingerprint density at radius 3 is 2.45 bits per heavy atom. The molecule has 0 saturated carbocycles. The summed E-state index contributed by atoms with van der Waals surface area (Å²) in [6, 6.07) is 16.6. The predicted molar refractivity (Wildman–Crippen MR) is 118 cm³/mol. The first-order chi connectivity index (χ1) is 15.0. The number of hydrogen-bond acceptors (Lipinski definition) is 5. The molecule has 1 aliphatic rings. The predicted octanol–water partition coefficient (Wildman–Crippen LogP) is 4.02. The van der Waals surface area contributed by atoms with Crippen molar-refractivity contribution in [2.75, 3.05) is 20.1 Å². The summed E-state index contributed by atoms with van der Waals surface area (Å²) in [4.78, 5) is 31.8. The molecule has 0 unspecified atom stereocenters. The van der Waals surface area contributed by atoms with Crippen molar-refractivity contribution in [3.63, 3.8) is 0 Å². The van der Waals surface area contributed by atoms with Gasteiger partial charge >= 0.3 is 6.03 Å². The van der Waals surface area contributed by atoms with Gasteiger partial charge in [0.25, 0.3) is 5.69 Å². The molecule has 4 rings (SSSR count). The second kappa shape index (κ2) is 9.09. The molecular formula is C23H25N5O3. The number of piperidine rings is 1. The number of non-ortho nitro benzene ring substituents is 1. The largest absolute Gasteiger partial charge is 0.329 e. The van der Waals surface area contributed by atoms with E-state index in [1.807, 2.05) is 13.1 Å². The molecule has 8 nitrogen and oxygen atoms in total. The van der Waals surface area contributed by atoms with Gasteiger partial charge in [0.1, 0.15) is 6.33 Å². The molecule has 0 radical (unpaired) electrons. The van der Waals surface area contributed by atoms with E-state index < -0.39 is 4.92 Å². The molecule has 0 N–H and O–H groups in total. The first kappa shape index (κ1) is 20.7. The third kappa shape index (κ3) is 4.80. The summed E-state index contributed by atoms with van der Waals surface area (Å²) in [5.41, 5.74) is 2.67. The van der Waals surface area contributed by atoms with Crippen molar-refractivity contribution in [1.29, 1.82) is 0 Å². The molecule has 0 spiro atoms. The summed E-state index contributed by atoms with van der Waals surface area (Å²) in [5.74, 6) is 0. The fraction of sp³-hybridized carbons (Fsp3) is 0.304. The second-order valence-corrected chi connectivity index (χ2v) is 7.86. The summed E-state index contributed by atoms with van der Waals surface area (Å²) in [7, 11) is 1.84. The van der Waals surface area contributed by atoms with Crippen LogP contribution in [0.3, 0.4) is 0 Å². The molecule has 1 aromatic heterocycles. The molecular weight excluding hydrogens is 394 g/mol. The highest BCUT2D eigenvalue weighted by molar-refractivity contribution is 5.78. The number of likely N-dealkylation sites (tertiary alicyclic amines) is 1. The number of nitro benzene ring substituents is 1. The van der Waals surface area contributed by atoms with Gasteiger partial charge in [-0.2, -0.15) is 0 Å². The van der Waals surface area contributed by atoms with Gasteiger partial charge in [0.2, 0.25) is 0 Å². The fourth-order valence-corrected chi connectivity index (χ4v) is 3.98. The van der Waals surface area contributed by atoms with Crippen molar-refractivity contribution >= 4 is 11.7 Å². The van der Waals surface area contributed by atoms with Gasteiger partial charge in [0, 0.05) is 56.6 Å². The van der Waals surface area contributed by atoms with E-state index in [1.54, 1.807) is 23.2 Å². The van der Waals surface area contributed by atoms with E-state index in [0.29, 0.717) is 5.69 Å². The molecule has 1 amide bonds. The van der Waals surface area contributed by atoms with Crippen LogP contribution in [0.2, 0.25) is 0 Å². The van der Waals surface area contributed by atoms with E-state index in [0.717, 1.165) is 38.0 Å². The van der Waals surface area contributed by atoms with Crippen LogP contribution in [-0.4, -0.2) is 56.5 Å². The SMILES string of the molecule is CN(C(=O)n1cnc(-c2ccc([N+](=O)[O-])cc2)c1)C1CCN(Cc2ccccc2)CC1. The zero-order valence-electron chi connectivity index (χ0n) is 17.4. The minimum Gasteiger partial charge on any atom is -0.324 e. The van der Waals surface area contributed by atoms with Crippen LogP contribution >= 0.6 is 0 Å². The molecule has 2 heterocycles. The topological polar surface area (TPSA) is 84.5 Å². The Balaban J connectivity index is 1.35. The van der Waals surface area contributed by atoms with Gasteiger partial charge in [-0.05, 0) is 30.5 Å². The average Bonchev–Trinajstić information content (AvgIpc) is 3.30. The monoisotopic (exact) mass is 419 g/mol. The number of nitro groups is 1. The Hall–Kier alpha value is -3.52. The van der Waals surface area contributed by atoms with Crippen molar-refractivity contribution < 1.29 is 9.72 Å². The number of nitrogens with zero attached hydrogens (tertiary/aromatic N) is 5. The third-order valence-corrected chi connectivity index (χ3v) is 5.83. The number of benzene rings is 2. The number of carbonyl (C=O) groups is 1. The van der Waals surface area contributed by atoms with E-state index >= 15 is 0 Å². The Morgan fingerprint density at radius 2 is 1.81 bits per heavy atom. The van der Waals surface area contributed by atoms with Gasteiger partial charge in [0.15, 0.2) is 0 Å². The molecule has 2 aromatic carbocycles. The highest BCUT2D eigenvalue weighted by atomic mass is 16.6. The molecule has 0 bridgehead atoms. The first-order valence-electron chi connectivity index (χ1n) is 10.3. The standard InChI is InChI=1S/C23H25N5O3/c1-25(20-11-13-26(14-12-20)15-18-5-3-2-4-6-18)23(29)27-16-22(24-17-27)19-7-9-21(10-8-19)28(30)31/h2-10,16-17,20H,11-15H2,1H3. The molecule has 3 aromatic rings. The van der Waals surface area contributed by atoms with Crippen molar-refractivity contribution in [2.24, 2.45) is 0 Å². The highest BCUT2D eigenvalue weighted by Crippen LogP contribution is 2.22. The fourth-order valence-electron chi connectivity index (χ4n) is 3.98. The number of carbonyl (C=O) groups excluding carboxylic acids is 1. The number of amides is 1. The normalized spacial score (nSPS) is 15.0.